The number of hydrogen-bond donors (Lipinski definition) is 1. The number of carbonyl (C=O) groups excluding carboxylic acids is 1. The van der Waals surface area contributed by atoms with Crippen LogP contribution in [-0.2, 0) is 9.53 Å². The molecule has 1 N–H and O–H groups in total. The Morgan fingerprint density at radius 3 is 2.92 bits per heavy atom. The van der Waals surface area contributed by atoms with Gasteiger partial charge in [0.1, 0.15) is 5.82 Å². The Labute approximate surface area is 143 Å². The van der Waals surface area contributed by atoms with Gasteiger partial charge in [0.2, 0.25) is 11.8 Å². The molecule has 2 heterocycles. The second kappa shape index (κ2) is 7.76. The predicted molar refractivity (Wildman–Crippen MR) is 87.0 cm³/mol. The summed E-state index contributed by atoms with van der Waals surface area (Å²) in [5.41, 5.74) is 0.631. The number of hydrogen-bond acceptors (Lipinski definition) is 6. The molecule has 0 radical (unpaired) electrons. The van der Waals surface area contributed by atoms with Crippen LogP contribution in [0.1, 0.15) is 19.8 Å². The Morgan fingerprint density at radius 1 is 1.42 bits per heavy atom. The number of benzene rings is 1. The SMILES string of the molecule is CC(Sc1nnc(-c2ccc(F)cc2)o1)C(=O)NCC1CCCO1. The van der Waals surface area contributed by atoms with Crippen molar-refractivity contribution in [2.75, 3.05) is 13.2 Å². The lowest BCUT2D eigenvalue weighted by Gasteiger charge is -2.13. The number of nitrogens with one attached hydrogen (secondary N) is 1. The topological polar surface area (TPSA) is 77.2 Å². The molecule has 128 valence electrons. The summed E-state index contributed by atoms with van der Waals surface area (Å²) >= 11 is 1.19. The summed E-state index contributed by atoms with van der Waals surface area (Å²) in [5.74, 6) is -0.133. The van der Waals surface area contributed by atoms with Crippen molar-refractivity contribution in [2.24, 2.45) is 0 Å². The van der Waals surface area contributed by atoms with Crippen molar-refractivity contribution in [3.05, 3.63) is 30.1 Å². The van der Waals surface area contributed by atoms with Crippen LogP contribution in [0.3, 0.4) is 0 Å². The Morgan fingerprint density at radius 2 is 2.21 bits per heavy atom. The molecule has 2 aromatic rings. The first-order valence-corrected chi connectivity index (χ1v) is 8.65. The van der Waals surface area contributed by atoms with Gasteiger partial charge in [0.15, 0.2) is 0 Å². The molecular weight excluding hydrogens is 333 g/mol. The Hall–Kier alpha value is -1.93. The van der Waals surface area contributed by atoms with Gasteiger partial charge >= 0.3 is 0 Å². The quantitative estimate of drug-likeness (QED) is 0.806. The van der Waals surface area contributed by atoms with Crippen molar-refractivity contribution in [3.8, 4) is 11.5 Å². The minimum atomic E-state index is -0.368. The molecule has 8 heteroatoms. The number of amides is 1. The van der Waals surface area contributed by atoms with Crippen LogP contribution in [-0.4, -0.2) is 40.6 Å². The maximum absolute atomic E-state index is 12.9. The van der Waals surface area contributed by atoms with Crippen LogP contribution >= 0.6 is 11.8 Å². The molecule has 0 spiro atoms. The fraction of sp³-hybridized carbons (Fsp3) is 0.438. The second-order valence-electron chi connectivity index (χ2n) is 5.52. The number of ether oxygens (including phenoxy) is 1. The highest BCUT2D eigenvalue weighted by Crippen LogP contribution is 2.26. The van der Waals surface area contributed by atoms with E-state index in [0.717, 1.165) is 19.4 Å². The molecule has 1 fully saturated rings. The van der Waals surface area contributed by atoms with Crippen molar-refractivity contribution in [3.63, 3.8) is 0 Å². The van der Waals surface area contributed by atoms with E-state index in [9.17, 15) is 9.18 Å². The van der Waals surface area contributed by atoms with E-state index in [1.165, 1.54) is 23.9 Å². The highest BCUT2D eigenvalue weighted by atomic mass is 32.2. The van der Waals surface area contributed by atoms with Crippen LogP contribution in [0.15, 0.2) is 33.9 Å². The number of carbonyl (C=O) groups is 1. The molecular formula is C16H18FN3O3S. The lowest BCUT2D eigenvalue weighted by molar-refractivity contribution is -0.120. The maximum atomic E-state index is 12.9. The third-order valence-electron chi connectivity index (χ3n) is 3.67. The number of aromatic nitrogens is 2. The van der Waals surface area contributed by atoms with Crippen molar-refractivity contribution in [2.45, 2.75) is 36.3 Å². The number of rotatable bonds is 6. The van der Waals surface area contributed by atoms with Gasteiger partial charge in [-0.25, -0.2) is 4.39 Å². The summed E-state index contributed by atoms with van der Waals surface area (Å²) in [6.07, 6.45) is 2.13. The minimum Gasteiger partial charge on any atom is -0.411 e. The monoisotopic (exact) mass is 351 g/mol. The van der Waals surface area contributed by atoms with Crippen molar-refractivity contribution in [1.82, 2.24) is 15.5 Å². The zero-order valence-electron chi connectivity index (χ0n) is 13.2. The van der Waals surface area contributed by atoms with Gasteiger partial charge in [0, 0.05) is 18.7 Å². The van der Waals surface area contributed by atoms with E-state index in [4.69, 9.17) is 9.15 Å². The van der Waals surface area contributed by atoms with Crippen molar-refractivity contribution >= 4 is 17.7 Å². The fourth-order valence-corrected chi connectivity index (χ4v) is 3.04. The first kappa shape index (κ1) is 16.9. The Bertz CT molecular complexity index is 686. The first-order valence-electron chi connectivity index (χ1n) is 7.77. The molecule has 0 saturated carbocycles. The smallest absolute Gasteiger partial charge is 0.277 e. The summed E-state index contributed by atoms with van der Waals surface area (Å²) in [5, 5.41) is 10.7. The molecule has 2 unspecified atom stereocenters. The number of nitrogens with zero attached hydrogens (tertiary/aromatic N) is 2. The van der Waals surface area contributed by atoms with E-state index in [-0.39, 0.29) is 23.1 Å². The highest BCUT2D eigenvalue weighted by molar-refractivity contribution is 8.00. The molecule has 3 rings (SSSR count). The van der Waals surface area contributed by atoms with Gasteiger partial charge < -0.3 is 14.5 Å². The van der Waals surface area contributed by atoms with Gasteiger partial charge in [-0.05, 0) is 44.0 Å². The summed E-state index contributed by atoms with van der Waals surface area (Å²) in [6, 6.07) is 5.78. The molecule has 0 bridgehead atoms. The van der Waals surface area contributed by atoms with E-state index in [1.54, 1.807) is 19.1 Å². The molecule has 1 saturated heterocycles. The van der Waals surface area contributed by atoms with Crippen LogP contribution in [0.25, 0.3) is 11.5 Å². The summed E-state index contributed by atoms with van der Waals surface area (Å²) in [6.45, 7) is 3.06. The van der Waals surface area contributed by atoms with Crippen molar-refractivity contribution in [1.29, 1.82) is 0 Å². The average Bonchev–Trinajstić information content (AvgIpc) is 3.25. The number of halogens is 1. The summed E-state index contributed by atoms with van der Waals surface area (Å²) < 4.78 is 23.9. The molecule has 1 aromatic heterocycles. The molecule has 24 heavy (non-hydrogen) atoms. The Balaban J connectivity index is 1.53. The van der Waals surface area contributed by atoms with E-state index in [1.807, 2.05) is 0 Å². The van der Waals surface area contributed by atoms with Crippen LogP contribution < -0.4 is 5.32 Å². The Kier molecular flexibility index (Phi) is 5.47. The molecule has 1 aliphatic rings. The van der Waals surface area contributed by atoms with E-state index in [2.05, 4.69) is 15.5 Å². The minimum absolute atomic E-state index is 0.1000. The molecule has 1 aliphatic heterocycles. The zero-order valence-corrected chi connectivity index (χ0v) is 14.0. The van der Waals surface area contributed by atoms with Crippen LogP contribution in [0.4, 0.5) is 4.39 Å². The molecule has 0 aliphatic carbocycles. The maximum Gasteiger partial charge on any atom is 0.277 e. The molecule has 6 nitrogen and oxygen atoms in total. The van der Waals surface area contributed by atoms with Crippen LogP contribution in [0.5, 0.6) is 0 Å². The van der Waals surface area contributed by atoms with Crippen LogP contribution in [0, 0.1) is 5.82 Å². The third-order valence-corrected chi connectivity index (χ3v) is 4.61. The lowest BCUT2D eigenvalue weighted by Crippen LogP contribution is -2.36. The normalized spacial score (nSPS) is 18.5. The lowest BCUT2D eigenvalue weighted by atomic mass is 10.2. The van der Waals surface area contributed by atoms with Crippen molar-refractivity contribution < 1.29 is 18.3 Å². The van der Waals surface area contributed by atoms with E-state index >= 15 is 0 Å². The second-order valence-corrected chi connectivity index (χ2v) is 6.81. The average molecular weight is 351 g/mol. The standard InChI is InChI=1S/C16H18FN3O3S/c1-10(14(21)18-9-13-3-2-8-22-13)24-16-20-19-15(23-16)11-4-6-12(17)7-5-11/h4-7,10,13H,2-3,8-9H2,1H3,(H,18,21). The zero-order chi connectivity index (χ0) is 16.9. The van der Waals surface area contributed by atoms with Gasteiger partial charge in [-0.1, -0.05) is 11.8 Å². The van der Waals surface area contributed by atoms with Crippen LogP contribution in [0.2, 0.25) is 0 Å². The number of thioether (sulfide) groups is 1. The van der Waals surface area contributed by atoms with E-state index < -0.39 is 0 Å². The third kappa shape index (κ3) is 4.33. The van der Waals surface area contributed by atoms with Gasteiger partial charge in [0.25, 0.3) is 5.22 Å². The molecule has 1 amide bonds. The first-order chi connectivity index (χ1) is 11.6. The molecule has 1 aromatic carbocycles. The fourth-order valence-electron chi connectivity index (χ4n) is 2.33. The van der Waals surface area contributed by atoms with Gasteiger partial charge in [-0.3, -0.25) is 4.79 Å². The largest absolute Gasteiger partial charge is 0.411 e. The van der Waals surface area contributed by atoms with Gasteiger partial charge in [-0.15, -0.1) is 10.2 Å². The highest BCUT2D eigenvalue weighted by Gasteiger charge is 2.21. The summed E-state index contributed by atoms with van der Waals surface area (Å²) in [4.78, 5) is 12.1. The molecule has 2 atom stereocenters. The van der Waals surface area contributed by atoms with E-state index in [0.29, 0.717) is 23.2 Å². The van der Waals surface area contributed by atoms with Gasteiger partial charge in [0.05, 0.1) is 11.4 Å². The predicted octanol–water partition coefficient (Wildman–Crippen LogP) is 2.65. The summed E-state index contributed by atoms with van der Waals surface area (Å²) in [7, 11) is 0. The van der Waals surface area contributed by atoms with Gasteiger partial charge in [-0.2, -0.15) is 0 Å².